The molecule has 0 aliphatic rings. The molecule has 1 rings (SSSR count). The van der Waals surface area contributed by atoms with Crippen molar-refractivity contribution in [1.29, 1.82) is 0 Å². The van der Waals surface area contributed by atoms with Crippen molar-refractivity contribution in [3.05, 3.63) is 35.4 Å². The average molecular weight is 177 g/mol. The van der Waals surface area contributed by atoms with E-state index in [0.29, 0.717) is 5.69 Å². The van der Waals surface area contributed by atoms with Gasteiger partial charge in [-0.05, 0) is 24.6 Å². The normalized spacial score (nSPS) is 11.3. The Kier molecular flexibility index (Phi) is 2.69. The number of nitrogens with two attached hydrogens (primary N) is 1. The molecule has 0 aromatic heterocycles. The summed E-state index contributed by atoms with van der Waals surface area (Å²) < 4.78 is 0. The highest BCUT2D eigenvalue weighted by Crippen LogP contribution is 2.14. The second-order valence-electron chi connectivity index (χ2n) is 2.76. The molecular formula is C10H11NO2. The minimum Gasteiger partial charge on any atom is -0.478 e. The average Bonchev–Trinajstić information content (AvgIpc) is 2.08. The van der Waals surface area contributed by atoms with E-state index >= 15 is 0 Å². The summed E-state index contributed by atoms with van der Waals surface area (Å²) in [5.41, 5.74) is 7.23. The van der Waals surface area contributed by atoms with E-state index in [9.17, 15) is 4.79 Å². The quantitative estimate of drug-likeness (QED) is 0.534. The maximum atomic E-state index is 10.5. The van der Waals surface area contributed by atoms with Gasteiger partial charge in [0.15, 0.2) is 0 Å². The van der Waals surface area contributed by atoms with E-state index in [-0.39, 0.29) is 5.57 Å². The lowest BCUT2D eigenvalue weighted by molar-refractivity contribution is -0.132. The van der Waals surface area contributed by atoms with Crippen molar-refractivity contribution in [3.8, 4) is 0 Å². The summed E-state index contributed by atoms with van der Waals surface area (Å²) in [5.74, 6) is -0.928. The summed E-state index contributed by atoms with van der Waals surface area (Å²) in [4.78, 5) is 10.5. The van der Waals surface area contributed by atoms with Crippen LogP contribution in [-0.4, -0.2) is 11.1 Å². The predicted molar refractivity (Wildman–Crippen MR) is 52.1 cm³/mol. The van der Waals surface area contributed by atoms with Crippen molar-refractivity contribution in [2.75, 3.05) is 5.73 Å². The number of hydrogen-bond acceptors (Lipinski definition) is 2. The molecule has 3 N–H and O–H groups in total. The molecule has 3 heteroatoms. The van der Waals surface area contributed by atoms with Gasteiger partial charge in [0.05, 0.1) is 0 Å². The van der Waals surface area contributed by atoms with Gasteiger partial charge in [0.2, 0.25) is 0 Å². The molecule has 0 aliphatic heterocycles. The number of hydrogen-bond donors (Lipinski definition) is 2. The number of carbonyl (C=O) groups is 1. The minimum absolute atomic E-state index is 0.276. The monoisotopic (exact) mass is 177 g/mol. The van der Waals surface area contributed by atoms with Crippen molar-refractivity contribution in [2.24, 2.45) is 0 Å². The van der Waals surface area contributed by atoms with Crippen LogP contribution in [-0.2, 0) is 4.79 Å². The lowest BCUT2D eigenvalue weighted by atomic mass is 10.1. The van der Waals surface area contributed by atoms with Crippen LogP contribution >= 0.6 is 0 Å². The molecular weight excluding hydrogens is 166 g/mol. The number of carboxylic acids is 1. The maximum absolute atomic E-state index is 10.5. The number of anilines is 1. The summed E-state index contributed by atoms with van der Waals surface area (Å²) in [7, 11) is 0. The van der Waals surface area contributed by atoms with E-state index in [4.69, 9.17) is 10.8 Å². The van der Waals surface area contributed by atoms with Crippen LogP contribution in [0.2, 0.25) is 0 Å². The first-order valence-corrected chi connectivity index (χ1v) is 3.87. The third-order valence-electron chi connectivity index (χ3n) is 1.71. The topological polar surface area (TPSA) is 63.3 Å². The van der Waals surface area contributed by atoms with Gasteiger partial charge in [0, 0.05) is 11.3 Å². The largest absolute Gasteiger partial charge is 0.478 e. The summed E-state index contributed by atoms with van der Waals surface area (Å²) in [5, 5.41) is 8.63. The highest BCUT2D eigenvalue weighted by molar-refractivity contribution is 5.92. The molecule has 13 heavy (non-hydrogen) atoms. The van der Waals surface area contributed by atoms with E-state index in [0.717, 1.165) is 5.56 Å². The fourth-order valence-corrected chi connectivity index (χ4v) is 0.937. The van der Waals surface area contributed by atoms with Gasteiger partial charge in [0.25, 0.3) is 0 Å². The first-order valence-electron chi connectivity index (χ1n) is 3.87. The Morgan fingerprint density at radius 2 is 2.08 bits per heavy atom. The fourth-order valence-electron chi connectivity index (χ4n) is 0.937. The Labute approximate surface area is 76.5 Å². The van der Waals surface area contributed by atoms with Gasteiger partial charge >= 0.3 is 5.97 Å². The lowest BCUT2D eigenvalue weighted by Gasteiger charge is -1.99. The van der Waals surface area contributed by atoms with Gasteiger partial charge in [-0.25, -0.2) is 4.79 Å². The van der Waals surface area contributed by atoms with E-state index < -0.39 is 5.97 Å². The molecule has 0 aliphatic carbocycles. The third-order valence-corrected chi connectivity index (χ3v) is 1.71. The molecule has 0 bridgehead atoms. The summed E-state index contributed by atoms with van der Waals surface area (Å²) >= 11 is 0. The van der Waals surface area contributed by atoms with E-state index in [1.165, 1.54) is 6.92 Å². The highest BCUT2D eigenvalue weighted by Gasteiger charge is 2.00. The number of nitrogen functional groups attached to an aromatic ring is 1. The number of carboxylic acid groups (broad SMARTS) is 1. The second kappa shape index (κ2) is 3.76. The molecule has 0 heterocycles. The van der Waals surface area contributed by atoms with E-state index in [1.54, 1.807) is 18.2 Å². The van der Waals surface area contributed by atoms with Crippen LogP contribution in [0.5, 0.6) is 0 Å². The number of rotatable bonds is 2. The van der Waals surface area contributed by atoms with Crippen LogP contribution in [0.3, 0.4) is 0 Å². The van der Waals surface area contributed by atoms with Crippen LogP contribution in [0, 0.1) is 0 Å². The number of para-hydroxylation sites is 1. The second-order valence-corrected chi connectivity index (χ2v) is 2.76. The molecule has 0 saturated heterocycles. The van der Waals surface area contributed by atoms with Gasteiger partial charge in [-0.3, -0.25) is 0 Å². The highest BCUT2D eigenvalue weighted by atomic mass is 16.4. The SMILES string of the molecule is CC(=Cc1ccccc1N)C(=O)O. The van der Waals surface area contributed by atoms with Crippen LogP contribution in [0.15, 0.2) is 29.8 Å². The summed E-state index contributed by atoms with van der Waals surface area (Å²) in [6, 6.07) is 7.14. The lowest BCUT2D eigenvalue weighted by Crippen LogP contribution is -1.96. The smallest absolute Gasteiger partial charge is 0.331 e. The van der Waals surface area contributed by atoms with Crippen LogP contribution in [0.1, 0.15) is 12.5 Å². The Morgan fingerprint density at radius 1 is 1.46 bits per heavy atom. The Hall–Kier alpha value is -1.77. The Morgan fingerprint density at radius 3 is 2.62 bits per heavy atom. The molecule has 0 atom stereocenters. The van der Waals surface area contributed by atoms with Crippen molar-refractivity contribution in [2.45, 2.75) is 6.92 Å². The third kappa shape index (κ3) is 2.33. The van der Waals surface area contributed by atoms with Crippen molar-refractivity contribution in [3.63, 3.8) is 0 Å². The molecule has 0 spiro atoms. The van der Waals surface area contributed by atoms with Crippen LogP contribution < -0.4 is 5.73 Å². The van der Waals surface area contributed by atoms with Crippen LogP contribution in [0.4, 0.5) is 5.69 Å². The molecule has 0 amide bonds. The van der Waals surface area contributed by atoms with Gasteiger partial charge in [-0.2, -0.15) is 0 Å². The van der Waals surface area contributed by atoms with E-state index in [2.05, 4.69) is 0 Å². The van der Waals surface area contributed by atoms with Crippen LogP contribution in [0.25, 0.3) is 6.08 Å². The first kappa shape index (κ1) is 9.32. The standard InChI is InChI=1S/C10H11NO2/c1-7(10(12)13)6-8-4-2-3-5-9(8)11/h2-6H,11H2,1H3,(H,12,13). The van der Waals surface area contributed by atoms with Gasteiger partial charge in [-0.1, -0.05) is 18.2 Å². The molecule has 0 saturated carbocycles. The minimum atomic E-state index is -0.928. The zero-order valence-electron chi connectivity index (χ0n) is 7.32. The maximum Gasteiger partial charge on any atom is 0.331 e. The van der Waals surface area contributed by atoms with E-state index in [1.807, 2.05) is 12.1 Å². The summed E-state index contributed by atoms with van der Waals surface area (Å²) in [6.07, 6.45) is 1.55. The molecule has 3 nitrogen and oxygen atoms in total. The molecule has 0 radical (unpaired) electrons. The van der Waals surface area contributed by atoms with Gasteiger partial charge < -0.3 is 10.8 Å². The zero-order valence-corrected chi connectivity index (χ0v) is 7.32. The van der Waals surface area contributed by atoms with Gasteiger partial charge in [-0.15, -0.1) is 0 Å². The molecule has 68 valence electrons. The first-order chi connectivity index (χ1) is 6.11. The predicted octanol–water partition coefficient (Wildman–Crippen LogP) is 1.76. The summed E-state index contributed by atoms with van der Waals surface area (Å²) in [6.45, 7) is 1.54. The van der Waals surface area contributed by atoms with Crippen molar-refractivity contribution in [1.82, 2.24) is 0 Å². The number of benzene rings is 1. The van der Waals surface area contributed by atoms with Gasteiger partial charge in [0.1, 0.15) is 0 Å². The zero-order chi connectivity index (χ0) is 9.84. The van der Waals surface area contributed by atoms with Crippen molar-refractivity contribution < 1.29 is 9.90 Å². The fraction of sp³-hybridized carbons (Fsp3) is 0.100. The molecule has 0 unspecified atom stereocenters. The molecule has 0 fully saturated rings. The molecule has 1 aromatic carbocycles. The Balaban J connectivity index is 3.04. The number of aliphatic carboxylic acids is 1. The molecule has 1 aromatic rings. The van der Waals surface area contributed by atoms with Crippen molar-refractivity contribution >= 4 is 17.7 Å². The Bertz CT molecular complexity index is 356.